The van der Waals surface area contributed by atoms with Crippen molar-refractivity contribution < 1.29 is 27.1 Å². The molecule has 7 nitrogen and oxygen atoms in total. The van der Waals surface area contributed by atoms with Gasteiger partial charge in [-0.25, -0.2) is 12.8 Å². The lowest BCUT2D eigenvalue weighted by Gasteiger charge is -2.26. The fraction of sp³-hybridized carbons (Fsp3) is 0.381. The van der Waals surface area contributed by atoms with Crippen molar-refractivity contribution in [3.8, 4) is 11.5 Å². The summed E-state index contributed by atoms with van der Waals surface area (Å²) in [6, 6.07) is 9.16. The first-order valence-electron chi connectivity index (χ1n) is 9.83. The first kappa shape index (κ1) is 20.6. The van der Waals surface area contributed by atoms with Crippen molar-refractivity contribution in [2.45, 2.75) is 36.7 Å². The van der Waals surface area contributed by atoms with Gasteiger partial charge in [-0.15, -0.1) is 0 Å². The highest BCUT2D eigenvalue weighted by molar-refractivity contribution is 7.89. The second kappa shape index (κ2) is 8.23. The third-order valence-corrected chi connectivity index (χ3v) is 7.24. The van der Waals surface area contributed by atoms with E-state index in [-0.39, 0.29) is 11.4 Å². The van der Waals surface area contributed by atoms with Gasteiger partial charge in [-0.05, 0) is 49.6 Å². The summed E-state index contributed by atoms with van der Waals surface area (Å²) < 4.78 is 52.1. The fourth-order valence-electron chi connectivity index (χ4n) is 3.78. The maximum absolute atomic E-state index is 13.5. The Bertz CT molecular complexity index is 1060. The molecule has 0 radical (unpaired) electrons. The summed E-state index contributed by atoms with van der Waals surface area (Å²) in [6.45, 7) is 2.75. The number of amides is 1. The van der Waals surface area contributed by atoms with Gasteiger partial charge in [0, 0.05) is 12.6 Å². The maximum Gasteiger partial charge on any atom is 0.243 e. The van der Waals surface area contributed by atoms with Crippen LogP contribution in [0.1, 0.15) is 31.4 Å². The molecule has 0 aromatic heterocycles. The fourth-order valence-corrected chi connectivity index (χ4v) is 5.45. The van der Waals surface area contributed by atoms with Crippen LogP contribution in [0, 0.1) is 5.82 Å². The highest BCUT2D eigenvalue weighted by Gasteiger charge is 2.40. The van der Waals surface area contributed by atoms with Gasteiger partial charge >= 0.3 is 0 Å². The third-order valence-electron chi connectivity index (χ3n) is 5.33. The Morgan fingerprint density at radius 2 is 1.93 bits per heavy atom. The Morgan fingerprint density at radius 3 is 2.70 bits per heavy atom. The summed E-state index contributed by atoms with van der Waals surface area (Å²) in [5, 5.41) is 2.81. The van der Waals surface area contributed by atoms with E-state index < -0.39 is 33.8 Å². The Kier molecular flexibility index (Phi) is 5.66. The molecular formula is C21H23FN2O5S. The standard InChI is InChI=1S/C21H23FN2O5S/c1-14(15-4-2-5-16(22)12-15)23-21(25)18-6-3-9-24(18)30(26,27)17-7-8-19-20(13-17)29-11-10-28-19/h2,4-5,7-8,12-14,18H,3,6,9-11H2,1H3,(H,23,25). The van der Waals surface area contributed by atoms with Gasteiger partial charge in [0.25, 0.3) is 0 Å². The minimum Gasteiger partial charge on any atom is -0.486 e. The van der Waals surface area contributed by atoms with Gasteiger partial charge in [-0.1, -0.05) is 12.1 Å². The molecule has 2 atom stereocenters. The summed E-state index contributed by atoms with van der Waals surface area (Å²) >= 11 is 0. The zero-order valence-corrected chi connectivity index (χ0v) is 17.3. The summed E-state index contributed by atoms with van der Waals surface area (Å²) in [4.78, 5) is 12.9. The van der Waals surface area contributed by atoms with E-state index in [9.17, 15) is 17.6 Å². The Labute approximate surface area is 174 Å². The molecule has 1 amide bonds. The molecule has 1 fully saturated rings. The van der Waals surface area contributed by atoms with Crippen molar-refractivity contribution in [3.05, 3.63) is 53.8 Å². The van der Waals surface area contributed by atoms with E-state index in [4.69, 9.17) is 9.47 Å². The topological polar surface area (TPSA) is 84.9 Å². The number of carbonyl (C=O) groups is 1. The van der Waals surface area contributed by atoms with Crippen molar-refractivity contribution in [2.24, 2.45) is 0 Å². The molecule has 160 valence electrons. The average Bonchev–Trinajstić information content (AvgIpc) is 3.24. The molecule has 1 N–H and O–H groups in total. The first-order chi connectivity index (χ1) is 14.4. The third kappa shape index (κ3) is 3.99. The molecule has 30 heavy (non-hydrogen) atoms. The number of hydrogen-bond acceptors (Lipinski definition) is 5. The number of rotatable bonds is 5. The SMILES string of the molecule is CC(NC(=O)C1CCCN1S(=O)(=O)c1ccc2c(c1)OCCO2)c1cccc(F)c1. The molecule has 2 aliphatic heterocycles. The maximum atomic E-state index is 13.5. The van der Waals surface area contributed by atoms with E-state index in [1.807, 2.05) is 0 Å². The molecule has 0 aliphatic carbocycles. The minimum absolute atomic E-state index is 0.0598. The number of hydrogen-bond donors (Lipinski definition) is 1. The lowest BCUT2D eigenvalue weighted by atomic mass is 10.1. The lowest BCUT2D eigenvalue weighted by molar-refractivity contribution is -0.124. The van der Waals surface area contributed by atoms with E-state index in [1.165, 1.54) is 28.6 Å². The summed E-state index contributed by atoms with van der Waals surface area (Å²) in [6.07, 6.45) is 1.00. The number of sulfonamides is 1. The Hall–Kier alpha value is -2.65. The van der Waals surface area contributed by atoms with Gasteiger partial charge in [-0.2, -0.15) is 4.31 Å². The van der Waals surface area contributed by atoms with Gasteiger partial charge in [-0.3, -0.25) is 4.79 Å². The van der Waals surface area contributed by atoms with Crippen LogP contribution in [0.3, 0.4) is 0 Å². The highest BCUT2D eigenvalue weighted by Crippen LogP contribution is 2.35. The van der Waals surface area contributed by atoms with Crippen LogP contribution >= 0.6 is 0 Å². The molecule has 9 heteroatoms. The van der Waals surface area contributed by atoms with E-state index >= 15 is 0 Å². The van der Waals surface area contributed by atoms with E-state index in [1.54, 1.807) is 25.1 Å². The Balaban J connectivity index is 1.53. The van der Waals surface area contributed by atoms with Crippen molar-refractivity contribution in [1.29, 1.82) is 0 Å². The minimum atomic E-state index is -3.90. The van der Waals surface area contributed by atoms with Crippen LogP contribution in [-0.4, -0.2) is 44.4 Å². The normalized spacial score (nSPS) is 20.0. The van der Waals surface area contributed by atoms with Gasteiger partial charge in [0.2, 0.25) is 15.9 Å². The van der Waals surface area contributed by atoms with Crippen LogP contribution in [0.25, 0.3) is 0 Å². The lowest BCUT2D eigenvalue weighted by Crippen LogP contribution is -2.46. The second-order valence-corrected chi connectivity index (χ2v) is 9.26. The predicted octanol–water partition coefficient (Wildman–Crippen LogP) is 2.63. The zero-order valence-electron chi connectivity index (χ0n) is 16.5. The predicted molar refractivity (Wildman–Crippen MR) is 107 cm³/mol. The van der Waals surface area contributed by atoms with Crippen molar-refractivity contribution >= 4 is 15.9 Å². The van der Waals surface area contributed by atoms with Gasteiger partial charge in [0.15, 0.2) is 11.5 Å². The molecule has 2 aliphatic rings. The average molecular weight is 434 g/mol. The van der Waals surface area contributed by atoms with Crippen molar-refractivity contribution in [3.63, 3.8) is 0 Å². The number of ether oxygens (including phenoxy) is 2. The smallest absolute Gasteiger partial charge is 0.243 e. The van der Waals surface area contributed by atoms with Crippen LogP contribution in [-0.2, 0) is 14.8 Å². The van der Waals surface area contributed by atoms with E-state index in [2.05, 4.69) is 5.32 Å². The van der Waals surface area contributed by atoms with Gasteiger partial charge < -0.3 is 14.8 Å². The molecule has 4 rings (SSSR count). The summed E-state index contributed by atoms with van der Waals surface area (Å²) in [5.41, 5.74) is 0.614. The van der Waals surface area contributed by atoms with Gasteiger partial charge in [0.1, 0.15) is 25.1 Å². The molecular weight excluding hydrogens is 411 g/mol. The molecule has 2 aromatic carbocycles. The molecule has 2 heterocycles. The number of halogens is 1. The van der Waals surface area contributed by atoms with E-state index in [0.29, 0.717) is 43.1 Å². The molecule has 0 bridgehead atoms. The quantitative estimate of drug-likeness (QED) is 0.782. The van der Waals surface area contributed by atoms with Gasteiger partial charge in [0.05, 0.1) is 10.9 Å². The number of nitrogens with zero attached hydrogens (tertiary/aromatic N) is 1. The Morgan fingerprint density at radius 1 is 1.17 bits per heavy atom. The molecule has 0 spiro atoms. The molecule has 1 saturated heterocycles. The van der Waals surface area contributed by atoms with Crippen LogP contribution in [0.4, 0.5) is 4.39 Å². The molecule has 2 unspecified atom stereocenters. The second-order valence-electron chi connectivity index (χ2n) is 7.36. The summed E-state index contributed by atoms with van der Waals surface area (Å²) in [7, 11) is -3.90. The molecule has 2 aromatic rings. The number of carbonyl (C=O) groups excluding carboxylic acids is 1. The number of fused-ring (bicyclic) bond motifs is 1. The van der Waals surface area contributed by atoms with Crippen LogP contribution in [0.2, 0.25) is 0 Å². The van der Waals surface area contributed by atoms with Crippen LogP contribution < -0.4 is 14.8 Å². The number of nitrogens with one attached hydrogen (secondary N) is 1. The monoisotopic (exact) mass is 434 g/mol. The number of benzene rings is 2. The summed E-state index contributed by atoms with van der Waals surface area (Å²) in [5.74, 6) is 0.0877. The van der Waals surface area contributed by atoms with Crippen molar-refractivity contribution in [1.82, 2.24) is 9.62 Å². The highest BCUT2D eigenvalue weighted by atomic mass is 32.2. The zero-order chi connectivity index (χ0) is 21.3. The van der Waals surface area contributed by atoms with Crippen molar-refractivity contribution in [2.75, 3.05) is 19.8 Å². The van der Waals surface area contributed by atoms with E-state index in [0.717, 1.165) is 0 Å². The molecule has 0 saturated carbocycles. The first-order valence-corrected chi connectivity index (χ1v) is 11.3. The van der Waals surface area contributed by atoms with Crippen LogP contribution in [0.5, 0.6) is 11.5 Å². The largest absolute Gasteiger partial charge is 0.486 e. The van der Waals surface area contributed by atoms with Crippen LogP contribution in [0.15, 0.2) is 47.4 Å².